The maximum Gasteiger partial charge on any atom is 0.357 e. The lowest BCUT2D eigenvalue weighted by molar-refractivity contribution is -0.00527. The monoisotopic (exact) mass is 384 g/mol. The number of piperidine rings is 1. The smallest absolute Gasteiger partial charge is 0.357 e. The molecule has 1 N–H and O–H groups in total. The molecule has 0 radical (unpaired) electrons. The van der Waals surface area contributed by atoms with Crippen LogP contribution in [0.5, 0.6) is 0 Å². The molecule has 0 amide bonds. The summed E-state index contributed by atoms with van der Waals surface area (Å²) in [5.41, 5.74) is 0.938. The van der Waals surface area contributed by atoms with Crippen LogP contribution in [-0.2, 0) is 17.9 Å². The number of carboxylic acid groups (broad SMARTS) is 1. The molecule has 0 spiro atoms. The third-order valence-electron chi connectivity index (χ3n) is 4.13. The second-order valence-corrected chi connectivity index (χ2v) is 6.78. The topological polar surface area (TPSA) is 75.8 Å². The zero-order valence-electron chi connectivity index (χ0n) is 13.5. The first-order valence-electron chi connectivity index (χ1n) is 7.97. The highest BCUT2D eigenvalue weighted by atomic mass is 35.5. The van der Waals surface area contributed by atoms with E-state index in [0.717, 1.165) is 31.5 Å². The summed E-state index contributed by atoms with van der Waals surface area (Å²) >= 11 is 11.9. The number of carboxylic acids is 1. The van der Waals surface area contributed by atoms with Crippen LogP contribution in [0.15, 0.2) is 28.9 Å². The van der Waals surface area contributed by atoms with Crippen molar-refractivity contribution in [2.75, 3.05) is 13.1 Å². The van der Waals surface area contributed by atoms with Crippen LogP contribution in [0.1, 0.15) is 34.8 Å². The molecule has 1 aromatic carbocycles. The highest BCUT2D eigenvalue weighted by molar-refractivity contribution is 6.42. The van der Waals surface area contributed by atoms with E-state index in [-0.39, 0.29) is 11.8 Å². The van der Waals surface area contributed by atoms with Crippen LogP contribution in [-0.4, -0.2) is 40.2 Å². The summed E-state index contributed by atoms with van der Waals surface area (Å²) in [6.45, 7) is 2.70. The number of carbonyl (C=O) groups is 1. The molecule has 0 aliphatic carbocycles. The number of likely N-dealkylation sites (tertiary alicyclic amines) is 1. The van der Waals surface area contributed by atoms with Gasteiger partial charge in [-0.3, -0.25) is 4.90 Å². The largest absolute Gasteiger partial charge is 0.476 e. The molecular formula is C17H18Cl2N2O4. The molecule has 2 aromatic rings. The van der Waals surface area contributed by atoms with Crippen LogP contribution in [0.3, 0.4) is 0 Å². The number of ether oxygens (including phenoxy) is 1. The first kappa shape index (κ1) is 18.2. The SMILES string of the molecule is O=C(O)c1coc(CN2CCC(OCc3ccc(Cl)c(Cl)c3)CC2)n1. The van der Waals surface area contributed by atoms with Gasteiger partial charge in [0.25, 0.3) is 0 Å². The minimum atomic E-state index is -1.08. The van der Waals surface area contributed by atoms with Gasteiger partial charge in [-0.15, -0.1) is 0 Å². The highest BCUT2D eigenvalue weighted by Crippen LogP contribution is 2.24. The first-order chi connectivity index (χ1) is 12.0. The van der Waals surface area contributed by atoms with Gasteiger partial charge in [-0.1, -0.05) is 29.3 Å². The minimum Gasteiger partial charge on any atom is -0.476 e. The van der Waals surface area contributed by atoms with Gasteiger partial charge in [0.05, 0.1) is 29.3 Å². The average Bonchev–Trinajstić information content (AvgIpc) is 3.06. The van der Waals surface area contributed by atoms with Gasteiger partial charge in [0, 0.05) is 13.1 Å². The number of aromatic nitrogens is 1. The van der Waals surface area contributed by atoms with Crippen molar-refractivity contribution in [2.45, 2.75) is 32.1 Å². The van der Waals surface area contributed by atoms with Crippen molar-refractivity contribution in [3.63, 3.8) is 0 Å². The van der Waals surface area contributed by atoms with Crippen LogP contribution in [0.2, 0.25) is 10.0 Å². The average molecular weight is 385 g/mol. The third-order valence-corrected chi connectivity index (χ3v) is 4.87. The van der Waals surface area contributed by atoms with Crippen LogP contribution >= 0.6 is 23.2 Å². The summed E-state index contributed by atoms with van der Waals surface area (Å²) in [4.78, 5) is 16.9. The van der Waals surface area contributed by atoms with E-state index in [0.29, 0.717) is 29.1 Å². The number of aromatic carboxylic acids is 1. The van der Waals surface area contributed by atoms with Crippen molar-refractivity contribution in [2.24, 2.45) is 0 Å². The molecule has 1 aromatic heterocycles. The second-order valence-electron chi connectivity index (χ2n) is 5.97. The Morgan fingerprint density at radius 3 is 2.72 bits per heavy atom. The van der Waals surface area contributed by atoms with Gasteiger partial charge in [0.1, 0.15) is 6.26 Å². The molecule has 0 unspecified atom stereocenters. The Bertz CT molecular complexity index is 742. The molecular weight excluding hydrogens is 367 g/mol. The minimum absolute atomic E-state index is 0.0603. The second kappa shape index (κ2) is 8.19. The van der Waals surface area contributed by atoms with E-state index in [2.05, 4.69) is 9.88 Å². The number of hydrogen-bond donors (Lipinski definition) is 1. The van der Waals surface area contributed by atoms with Crippen molar-refractivity contribution >= 4 is 29.2 Å². The lowest BCUT2D eigenvalue weighted by Gasteiger charge is -2.31. The van der Waals surface area contributed by atoms with Gasteiger partial charge in [-0.25, -0.2) is 9.78 Å². The number of nitrogens with zero attached hydrogens (tertiary/aromatic N) is 2. The van der Waals surface area contributed by atoms with Crippen molar-refractivity contribution in [1.82, 2.24) is 9.88 Å². The molecule has 6 nitrogen and oxygen atoms in total. The first-order valence-corrected chi connectivity index (χ1v) is 8.72. The lowest BCUT2D eigenvalue weighted by atomic mass is 10.1. The zero-order valence-corrected chi connectivity index (χ0v) is 15.0. The van der Waals surface area contributed by atoms with E-state index >= 15 is 0 Å². The normalized spacial score (nSPS) is 16.2. The Morgan fingerprint density at radius 1 is 1.32 bits per heavy atom. The predicted molar refractivity (Wildman–Crippen MR) is 93.0 cm³/mol. The highest BCUT2D eigenvalue weighted by Gasteiger charge is 2.21. The van der Waals surface area contributed by atoms with E-state index in [1.807, 2.05) is 12.1 Å². The van der Waals surface area contributed by atoms with E-state index < -0.39 is 5.97 Å². The Hall–Kier alpha value is -1.60. The molecule has 2 heterocycles. The molecule has 8 heteroatoms. The maximum atomic E-state index is 10.8. The Labute approximate surface area is 155 Å². The number of hydrogen-bond acceptors (Lipinski definition) is 5. The molecule has 1 aliphatic heterocycles. The number of benzene rings is 1. The fraction of sp³-hybridized carbons (Fsp3) is 0.412. The predicted octanol–water partition coefficient (Wildman–Crippen LogP) is 3.86. The van der Waals surface area contributed by atoms with Crippen molar-refractivity contribution < 1.29 is 19.1 Å². The van der Waals surface area contributed by atoms with Crippen LogP contribution in [0.4, 0.5) is 0 Å². The number of rotatable bonds is 6. The van der Waals surface area contributed by atoms with Gasteiger partial charge < -0.3 is 14.3 Å². The van der Waals surface area contributed by atoms with Gasteiger partial charge in [0.15, 0.2) is 5.69 Å². The molecule has 3 rings (SSSR count). The van der Waals surface area contributed by atoms with Crippen molar-refractivity contribution in [3.8, 4) is 0 Å². The van der Waals surface area contributed by atoms with Gasteiger partial charge >= 0.3 is 5.97 Å². The molecule has 0 saturated carbocycles. The number of oxazole rings is 1. The van der Waals surface area contributed by atoms with E-state index in [4.69, 9.17) is 37.5 Å². The van der Waals surface area contributed by atoms with Crippen LogP contribution in [0.25, 0.3) is 0 Å². The molecule has 1 fully saturated rings. The Morgan fingerprint density at radius 2 is 2.08 bits per heavy atom. The van der Waals surface area contributed by atoms with Crippen LogP contribution < -0.4 is 0 Å². The van der Waals surface area contributed by atoms with Gasteiger partial charge in [-0.05, 0) is 30.5 Å². The molecule has 25 heavy (non-hydrogen) atoms. The summed E-state index contributed by atoms with van der Waals surface area (Å²) in [6, 6.07) is 5.50. The standard InChI is InChI=1S/C17H18Cl2N2O4/c18-13-2-1-11(7-14(13)19)9-24-12-3-5-21(6-4-12)8-16-20-15(10-25-16)17(22)23/h1-2,7,10,12H,3-6,8-9H2,(H,22,23). The van der Waals surface area contributed by atoms with Crippen LogP contribution in [0, 0.1) is 0 Å². The quantitative estimate of drug-likeness (QED) is 0.814. The van der Waals surface area contributed by atoms with E-state index in [1.54, 1.807) is 6.07 Å². The van der Waals surface area contributed by atoms with Gasteiger partial charge in [-0.2, -0.15) is 0 Å². The molecule has 134 valence electrons. The van der Waals surface area contributed by atoms with E-state index in [9.17, 15) is 4.79 Å². The molecule has 0 bridgehead atoms. The van der Waals surface area contributed by atoms with E-state index in [1.165, 1.54) is 6.26 Å². The summed E-state index contributed by atoms with van der Waals surface area (Å²) in [6.07, 6.45) is 3.15. The Kier molecular flexibility index (Phi) is 5.96. The molecule has 1 aliphatic rings. The maximum absolute atomic E-state index is 10.8. The zero-order chi connectivity index (χ0) is 17.8. The summed E-state index contributed by atoms with van der Waals surface area (Å²) < 4.78 is 11.1. The summed E-state index contributed by atoms with van der Waals surface area (Å²) in [7, 11) is 0. The van der Waals surface area contributed by atoms with Crippen molar-refractivity contribution in [3.05, 3.63) is 51.7 Å². The number of halogens is 2. The summed E-state index contributed by atoms with van der Waals surface area (Å²) in [5, 5.41) is 9.93. The fourth-order valence-electron chi connectivity index (χ4n) is 2.75. The van der Waals surface area contributed by atoms with Crippen molar-refractivity contribution in [1.29, 1.82) is 0 Å². The molecule has 0 atom stereocenters. The Balaban J connectivity index is 1.43. The molecule has 1 saturated heterocycles. The summed E-state index contributed by atoms with van der Waals surface area (Å²) in [5.74, 6) is -0.656. The van der Waals surface area contributed by atoms with Gasteiger partial charge in [0.2, 0.25) is 5.89 Å². The fourth-order valence-corrected chi connectivity index (χ4v) is 3.07. The lowest BCUT2D eigenvalue weighted by Crippen LogP contribution is -2.36. The third kappa shape index (κ3) is 4.95.